The molecule has 5 aromatic rings. The molecule has 1 aromatic heterocycles. The van der Waals surface area contributed by atoms with Crippen LogP contribution in [0.2, 0.25) is 0 Å². The van der Waals surface area contributed by atoms with E-state index in [1.807, 2.05) is 86.7 Å². The molecular weight excluding hydrogens is 584 g/mol. The average molecular weight is 619 g/mol. The fraction of sp³-hybridized carbons (Fsp3) is 0.216. The van der Waals surface area contributed by atoms with Crippen LogP contribution in [-0.2, 0) is 11.4 Å². The minimum Gasteiger partial charge on any atom is -0.496 e. The van der Waals surface area contributed by atoms with E-state index in [9.17, 15) is 9.59 Å². The van der Waals surface area contributed by atoms with Gasteiger partial charge in [-0.3, -0.25) is 14.2 Å². The van der Waals surface area contributed by atoms with E-state index in [0.29, 0.717) is 51.1 Å². The van der Waals surface area contributed by atoms with Crippen LogP contribution in [0.15, 0.2) is 99.9 Å². The van der Waals surface area contributed by atoms with Gasteiger partial charge in [-0.25, -0.2) is 4.99 Å². The second kappa shape index (κ2) is 12.6. The number of aromatic nitrogens is 1. The normalized spacial score (nSPS) is 14.7. The van der Waals surface area contributed by atoms with Crippen molar-refractivity contribution in [3.63, 3.8) is 0 Å². The Morgan fingerprint density at radius 1 is 0.956 bits per heavy atom. The van der Waals surface area contributed by atoms with E-state index in [1.54, 1.807) is 11.7 Å². The largest absolute Gasteiger partial charge is 0.496 e. The summed E-state index contributed by atoms with van der Waals surface area (Å²) in [7, 11) is 1.60. The minimum absolute atomic E-state index is 0.145. The number of ketones is 1. The fourth-order valence-corrected chi connectivity index (χ4v) is 6.94. The molecule has 7 nitrogen and oxygen atoms in total. The van der Waals surface area contributed by atoms with Crippen molar-refractivity contribution in [2.75, 3.05) is 13.7 Å². The maximum Gasteiger partial charge on any atom is 0.271 e. The highest BCUT2D eigenvalue weighted by Gasteiger charge is 2.33. The van der Waals surface area contributed by atoms with Gasteiger partial charge in [0.15, 0.2) is 22.1 Å². The minimum atomic E-state index is -0.696. The van der Waals surface area contributed by atoms with E-state index in [4.69, 9.17) is 19.2 Å². The van der Waals surface area contributed by atoms with Crippen molar-refractivity contribution < 1.29 is 19.0 Å². The lowest BCUT2D eigenvalue weighted by Gasteiger charge is -2.27. The third-order valence-electron chi connectivity index (χ3n) is 7.87. The molecule has 45 heavy (non-hydrogen) atoms. The zero-order chi connectivity index (χ0) is 31.7. The zero-order valence-electron chi connectivity index (χ0n) is 25.9. The number of rotatable bonds is 9. The monoisotopic (exact) mass is 618 g/mol. The second-order valence-corrected chi connectivity index (χ2v) is 12.0. The summed E-state index contributed by atoms with van der Waals surface area (Å²) in [5.41, 5.74) is 4.61. The number of thiazole rings is 1. The Bertz CT molecular complexity index is 2160. The highest BCUT2D eigenvalue weighted by molar-refractivity contribution is 7.07. The number of Topliss-reactive ketones (excluding diaryl/α,β-unsaturated/α-hetero) is 1. The second-order valence-electron chi connectivity index (χ2n) is 11.0. The van der Waals surface area contributed by atoms with Crippen molar-refractivity contribution in [3.8, 4) is 17.2 Å². The van der Waals surface area contributed by atoms with Crippen LogP contribution in [0.4, 0.5) is 0 Å². The van der Waals surface area contributed by atoms with Gasteiger partial charge in [-0.1, -0.05) is 77.6 Å². The molecule has 0 N–H and O–H groups in total. The number of hydrogen-bond acceptors (Lipinski definition) is 7. The van der Waals surface area contributed by atoms with Gasteiger partial charge >= 0.3 is 0 Å². The van der Waals surface area contributed by atoms with Crippen molar-refractivity contribution in [1.29, 1.82) is 0 Å². The lowest BCUT2D eigenvalue weighted by molar-refractivity contribution is -0.114. The van der Waals surface area contributed by atoms with Crippen molar-refractivity contribution in [2.24, 2.45) is 4.99 Å². The van der Waals surface area contributed by atoms with E-state index in [2.05, 4.69) is 19.1 Å². The Morgan fingerprint density at radius 2 is 1.76 bits per heavy atom. The van der Waals surface area contributed by atoms with Crippen molar-refractivity contribution in [2.45, 2.75) is 40.3 Å². The lowest BCUT2D eigenvalue weighted by atomic mass is 9.89. The van der Waals surface area contributed by atoms with Gasteiger partial charge < -0.3 is 14.2 Å². The van der Waals surface area contributed by atoms with E-state index in [1.165, 1.54) is 23.8 Å². The molecule has 8 heteroatoms. The van der Waals surface area contributed by atoms with Crippen molar-refractivity contribution in [3.05, 3.63) is 132 Å². The molecular formula is C37H34N2O5S. The Morgan fingerprint density at radius 3 is 2.51 bits per heavy atom. The average Bonchev–Trinajstić information content (AvgIpc) is 3.33. The zero-order valence-corrected chi connectivity index (χ0v) is 26.7. The van der Waals surface area contributed by atoms with E-state index in [-0.39, 0.29) is 11.3 Å². The predicted octanol–water partition coefficient (Wildman–Crippen LogP) is 6.27. The number of ether oxygens (including phenoxy) is 3. The number of aryl methyl sites for hydroxylation is 1. The molecule has 4 aromatic carbocycles. The lowest BCUT2D eigenvalue weighted by Crippen LogP contribution is -2.39. The number of methoxy groups -OCH3 is 1. The molecule has 0 radical (unpaired) electrons. The molecule has 2 heterocycles. The van der Waals surface area contributed by atoms with E-state index < -0.39 is 6.04 Å². The molecule has 1 aliphatic heterocycles. The molecule has 0 aliphatic carbocycles. The number of hydrogen-bond donors (Lipinski definition) is 0. The summed E-state index contributed by atoms with van der Waals surface area (Å²) < 4.78 is 20.0. The molecule has 0 spiro atoms. The van der Waals surface area contributed by atoms with Crippen LogP contribution in [0, 0.1) is 6.92 Å². The predicted molar refractivity (Wildman–Crippen MR) is 178 cm³/mol. The number of carbonyl (C=O) groups excluding carboxylic acids is 1. The van der Waals surface area contributed by atoms with Gasteiger partial charge in [0.05, 0.1) is 24.3 Å². The standard InChI is InChI=1S/C37H34N2O5S/c1-6-43-31-19-25(14-16-29(31)44-21-26-11-9-10-22(2)18-26)20-32-36(41)39-35(33(24(4)40)23(3)38-37(39)45-32)34-28-13-8-7-12-27(28)15-17-30(34)42-5/h7-20,35H,6,21H2,1-5H3/t35-/m0/s1. The molecule has 1 atom stereocenters. The quantitative estimate of drug-likeness (QED) is 0.195. The highest BCUT2D eigenvalue weighted by Crippen LogP contribution is 2.40. The van der Waals surface area contributed by atoms with Gasteiger partial charge in [0.2, 0.25) is 0 Å². The molecule has 0 unspecified atom stereocenters. The summed E-state index contributed by atoms with van der Waals surface area (Å²) >= 11 is 1.29. The van der Waals surface area contributed by atoms with Gasteiger partial charge in [-0.05, 0) is 73.9 Å². The van der Waals surface area contributed by atoms with Crippen LogP contribution in [-0.4, -0.2) is 24.1 Å². The van der Waals surface area contributed by atoms with Gasteiger partial charge in [0.25, 0.3) is 5.56 Å². The van der Waals surface area contributed by atoms with Crippen molar-refractivity contribution >= 4 is 34.0 Å². The first-order valence-corrected chi connectivity index (χ1v) is 15.6. The summed E-state index contributed by atoms with van der Waals surface area (Å²) in [5, 5.41) is 1.90. The number of carbonyl (C=O) groups is 1. The first-order valence-electron chi connectivity index (χ1n) is 14.8. The van der Waals surface area contributed by atoms with E-state index >= 15 is 0 Å². The summed E-state index contributed by atoms with van der Waals surface area (Å²) in [4.78, 5) is 32.6. The Labute approximate surface area is 265 Å². The molecule has 0 fully saturated rings. The molecule has 0 saturated carbocycles. The first kappa shape index (κ1) is 30.1. The molecule has 0 bridgehead atoms. The number of nitrogens with zero attached hydrogens (tertiary/aromatic N) is 2. The van der Waals surface area contributed by atoms with E-state index in [0.717, 1.165) is 27.5 Å². The van der Waals surface area contributed by atoms with Crippen LogP contribution in [0.3, 0.4) is 0 Å². The molecule has 6 rings (SSSR count). The van der Waals surface area contributed by atoms with Crippen LogP contribution < -0.4 is 29.1 Å². The third kappa shape index (κ3) is 5.81. The summed E-state index contributed by atoms with van der Waals surface area (Å²) in [6.07, 6.45) is 1.83. The Balaban J connectivity index is 1.47. The third-order valence-corrected chi connectivity index (χ3v) is 8.85. The van der Waals surface area contributed by atoms with Gasteiger partial charge in [0.1, 0.15) is 12.4 Å². The summed E-state index contributed by atoms with van der Waals surface area (Å²) in [6, 6.07) is 24.9. The number of allylic oxidation sites excluding steroid dienone is 2. The topological polar surface area (TPSA) is 79.1 Å². The molecule has 0 amide bonds. The summed E-state index contributed by atoms with van der Waals surface area (Å²) in [6.45, 7) is 8.19. The Hall–Kier alpha value is -4.95. The van der Waals surface area contributed by atoms with Crippen LogP contribution in [0.1, 0.15) is 49.1 Å². The van der Waals surface area contributed by atoms with Gasteiger partial charge in [-0.2, -0.15) is 0 Å². The molecule has 1 aliphatic rings. The maximum atomic E-state index is 14.2. The smallest absolute Gasteiger partial charge is 0.271 e. The van der Waals surface area contributed by atoms with Crippen LogP contribution in [0.25, 0.3) is 16.8 Å². The maximum absolute atomic E-state index is 14.2. The van der Waals surface area contributed by atoms with Crippen LogP contribution in [0.5, 0.6) is 17.2 Å². The number of fused-ring (bicyclic) bond motifs is 2. The van der Waals surface area contributed by atoms with Crippen molar-refractivity contribution in [1.82, 2.24) is 4.57 Å². The highest BCUT2D eigenvalue weighted by atomic mass is 32.1. The first-order chi connectivity index (χ1) is 21.8. The number of benzene rings is 4. The van der Waals surface area contributed by atoms with Gasteiger partial charge in [-0.15, -0.1) is 0 Å². The molecule has 0 saturated heterocycles. The summed E-state index contributed by atoms with van der Waals surface area (Å²) in [5.74, 6) is 1.68. The fourth-order valence-electron chi connectivity index (χ4n) is 5.90. The molecule has 228 valence electrons. The Kier molecular flexibility index (Phi) is 8.41. The SMILES string of the molecule is CCOc1cc(C=c2sc3n(c2=O)[C@H](c2c(OC)ccc4ccccc24)C(C(C)=O)=C(C)N=3)ccc1OCc1cccc(C)c1. The van der Waals surface area contributed by atoms with Gasteiger partial charge in [0, 0.05) is 16.8 Å². The van der Waals surface area contributed by atoms with Crippen LogP contribution >= 0.6 is 11.3 Å².